The van der Waals surface area contributed by atoms with Crippen molar-refractivity contribution >= 4 is 17.5 Å². The number of rotatable bonds is 6. The molecule has 0 aliphatic heterocycles. The Morgan fingerprint density at radius 3 is 2.83 bits per heavy atom. The molecule has 0 bridgehead atoms. The van der Waals surface area contributed by atoms with Crippen LogP contribution in [0, 0.1) is 6.92 Å². The predicted molar refractivity (Wildman–Crippen MR) is 92.8 cm³/mol. The Kier molecular flexibility index (Phi) is 6.11. The van der Waals surface area contributed by atoms with Crippen LogP contribution in [-0.2, 0) is 0 Å². The standard InChI is InChI=1S/C17H20ClN3O3/c1-3-14(22)7-8-19-17(24)16-15(23)9-11(2)21(20-16)13-6-4-5-12(18)10-13/h4-6,9-10,14,22H,3,7-8H2,1-2H3,(H,19,24). The van der Waals surface area contributed by atoms with E-state index < -0.39 is 17.4 Å². The monoisotopic (exact) mass is 349 g/mol. The van der Waals surface area contributed by atoms with Gasteiger partial charge in [0.1, 0.15) is 0 Å². The summed E-state index contributed by atoms with van der Waals surface area (Å²) >= 11 is 5.99. The van der Waals surface area contributed by atoms with Crippen molar-refractivity contribution in [2.75, 3.05) is 6.54 Å². The first-order valence-corrected chi connectivity index (χ1v) is 8.13. The third-order valence-electron chi connectivity index (χ3n) is 3.61. The number of aliphatic hydroxyl groups is 1. The maximum Gasteiger partial charge on any atom is 0.275 e. The van der Waals surface area contributed by atoms with Crippen molar-refractivity contribution in [3.63, 3.8) is 0 Å². The maximum atomic E-state index is 12.2. The fourth-order valence-electron chi connectivity index (χ4n) is 2.21. The number of carbonyl (C=O) groups is 1. The zero-order chi connectivity index (χ0) is 17.7. The topological polar surface area (TPSA) is 84.2 Å². The zero-order valence-electron chi connectivity index (χ0n) is 13.6. The number of nitrogens with zero attached hydrogens (tertiary/aromatic N) is 2. The highest BCUT2D eigenvalue weighted by atomic mass is 35.5. The smallest absolute Gasteiger partial charge is 0.275 e. The second-order valence-electron chi connectivity index (χ2n) is 5.50. The lowest BCUT2D eigenvalue weighted by Crippen LogP contribution is -2.33. The molecule has 2 rings (SSSR count). The number of hydrogen-bond acceptors (Lipinski definition) is 4. The lowest BCUT2D eigenvalue weighted by atomic mass is 10.2. The van der Waals surface area contributed by atoms with Gasteiger partial charge in [-0.25, -0.2) is 4.68 Å². The van der Waals surface area contributed by atoms with Gasteiger partial charge in [-0.2, -0.15) is 5.10 Å². The quantitative estimate of drug-likeness (QED) is 0.836. The van der Waals surface area contributed by atoms with E-state index in [9.17, 15) is 14.7 Å². The van der Waals surface area contributed by atoms with E-state index in [-0.39, 0.29) is 12.2 Å². The van der Waals surface area contributed by atoms with Crippen LogP contribution in [0.2, 0.25) is 5.02 Å². The minimum atomic E-state index is -0.556. The highest BCUT2D eigenvalue weighted by molar-refractivity contribution is 6.30. The fraction of sp³-hybridized carbons (Fsp3) is 0.353. The minimum absolute atomic E-state index is 0.188. The SMILES string of the molecule is CCC(O)CCNC(=O)c1nn(-c2cccc(Cl)c2)c(C)cc1=O. The molecule has 2 N–H and O–H groups in total. The molecule has 128 valence electrons. The van der Waals surface area contributed by atoms with Crippen molar-refractivity contribution < 1.29 is 9.90 Å². The van der Waals surface area contributed by atoms with E-state index in [1.54, 1.807) is 31.2 Å². The van der Waals surface area contributed by atoms with Crippen molar-refractivity contribution in [1.82, 2.24) is 15.1 Å². The second-order valence-corrected chi connectivity index (χ2v) is 5.93. The Balaban J connectivity index is 2.26. The lowest BCUT2D eigenvalue weighted by Gasteiger charge is -2.12. The normalized spacial score (nSPS) is 12.0. The molecule has 24 heavy (non-hydrogen) atoms. The molecule has 0 aliphatic rings. The molecule has 0 saturated carbocycles. The summed E-state index contributed by atoms with van der Waals surface area (Å²) in [6, 6.07) is 8.35. The average molecular weight is 350 g/mol. The lowest BCUT2D eigenvalue weighted by molar-refractivity contribution is 0.0934. The Labute approximate surface area is 145 Å². The third kappa shape index (κ3) is 4.43. The van der Waals surface area contributed by atoms with Gasteiger partial charge in [-0.05, 0) is 38.0 Å². The molecule has 1 unspecified atom stereocenters. The van der Waals surface area contributed by atoms with Crippen LogP contribution >= 0.6 is 11.6 Å². The van der Waals surface area contributed by atoms with E-state index in [2.05, 4.69) is 10.4 Å². The highest BCUT2D eigenvalue weighted by Gasteiger charge is 2.15. The molecule has 0 aliphatic carbocycles. The van der Waals surface area contributed by atoms with Crippen LogP contribution in [0.25, 0.3) is 5.69 Å². The Hall–Kier alpha value is -2.18. The number of carbonyl (C=O) groups excluding carboxylic acids is 1. The summed E-state index contributed by atoms with van der Waals surface area (Å²) in [7, 11) is 0. The van der Waals surface area contributed by atoms with Crippen LogP contribution < -0.4 is 10.7 Å². The molecule has 0 radical (unpaired) electrons. The molecular formula is C17H20ClN3O3. The Morgan fingerprint density at radius 1 is 1.42 bits per heavy atom. The first kappa shape index (κ1) is 18.2. The van der Waals surface area contributed by atoms with Crippen LogP contribution in [-0.4, -0.2) is 33.4 Å². The summed E-state index contributed by atoms with van der Waals surface area (Å²) in [4.78, 5) is 24.3. The third-order valence-corrected chi connectivity index (χ3v) is 3.84. The van der Waals surface area contributed by atoms with E-state index in [0.717, 1.165) is 0 Å². The summed E-state index contributed by atoms with van der Waals surface area (Å²) in [6.45, 7) is 3.87. The number of aliphatic hydroxyl groups excluding tert-OH is 1. The molecule has 2 aromatic rings. The number of halogens is 1. The van der Waals surface area contributed by atoms with Gasteiger partial charge in [-0.15, -0.1) is 0 Å². The van der Waals surface area contributed by atoms with Crippen molar-refractivity contribution in [2.24, 2.45) is 0 Å². The summed E-state index contributed by atoms with van der Waals surface area (Å²) in [6.07, 6.45) is 0.566. The van der Waals surface area contributed by atoms with Gasteiger partial charge < -0.3 is 10.4 Å². The van der Waals surface area contributed by atoms with Crippen LogP contribution in [0.3, 0.4) is 0 Å². The number of amides is 1. The molecule has 7 heteroatoms. The molecule has 1 heterocycles. The number of benzene rings is 1. The van der Waals surface area contributed by atoms with Crippen LogP contribution in [0.5, 0.6) is 0 Å². The van der Waals surface area contributed by atoms with E-state index in [1.165, 1.54) is 10.7 Å². The van der Waals surface area contributed by atoms with Crippen LogP contribution in [0.4, 0.5) is 0 Å². The second kappa shape index (κ2) is 8.08. The van der Waals surface area contributed by atoms with E-state index in [0.29, 0.717) is 29.2 Å². The molecular weight excluding hydrogens is 330 g/mol. The van der Waals surface area contributed by atoms with Gasteiger partial charge in [0.25, 0.3) is 5.91 Å². The van der Waals surface area contributed by atoms with E-state index in [4.69, 9.17) is 11.6 Å². The van der Waals surface area contributed by atoms with E-state index in [1.807, 2.05) is 6.92 Å². The fourth-order valence-corrected chi connectivity index (χ4v) is 2.40. The van der Waals surface area contributed by atoms with Crippen molar-refractivity contribution in [3.8, 4) is 5.69 Å². The van der Waals surface area contributed by atoms with Gasteiger partial charge in [0, 0.05) is 23.3 Å². The van der Waals surface area contributed by atoms with Crippen molar-refractivity contribution in [1.29, 1.82) is 0 Å². The summed E-state index contributed by atoms with van der Waals surface area (Å²) < 4.78 is 1.50. The average Bonchev–Trinajstić information content (AvgIpc) is 2.54. The van der Waals surface area contributed by atoms with E-state index >= 15 is 0 Å². The van der Waals surface area contributed by atoms with Gasteiger partial charge in [0.05, 0.1) is 11.8 Å². The predicted octanol–water partition coefficient (Wildman–Crippen LogP) is 2.09. The first-order chi connectivity index (χ1) is 11.4. The van der Waals surface area contributed by atoms with Crippen molar-refractivity contribution in [2.45, 2.75) is 32.8 Å². The van der Waals surface area contributed by atoms with Gasteiger partial charge in [-0.1, -0.05) is 24.6 Å². The highest BCUT2D eigenvalue weighted by Crippen LogP contribution is 2.15. The zero-order valence-corrected chi connectivity index (χ0v) is 14.4. The largest absolute Gasteiger partial charge is 0.393 e. The minimum Gasteiger partial charge on any atom is -0.393 e. The molecule has 1 aromatic carbocycles. The molecule has 0 saturated heterocycles. The van der Waals surface area contributed by atoms with Crippen molar-refractivity contribution in [3.05, 3.63) is 57.0 Å². The molecule has 0 spiro atoms. The van der Waals surface area contributed by atoms with Crippen LogP contribution in [0.1, 0.15) is 35.9 Å². The van der Waals surface area contributed by atoms with Crippen LogP contribution in [0.15, 0.2) is 35.1 Å². The number of hydrogen-bond donors (Lipinski definition) is 2. The number of aryl methyl sites for hydroxylation is 1. The summed E-state index contributed by atoms with van der Waals surface area (Å²) in [5.74, 6) is -0.556. The molecule has 6 nitrogen and oxygen atoms in total. The van der Waals surface area contributed by atoms with Gasteiger partial charge in [0.15, 0.2) is 5.69 Å². The summed E-state index contributed by atoms with van der Waals surface area (Å²) in [5.41, 5.74) is 0.626. The van der Waals surface area contributed by atoms with Gasteiger partial charge >= 0.3 is 0 Å². The van der Waals surface area contributed by atoms with Gasteiger partial charge in [-0.3, -0.25) is 9.59 Å². The Bertz CT molecular complexity index is 789. The molecule has 1 atom stereocenters. The Morgan fingerprint density at radius 2 is 2.17 bits per heavy atom. The van der Waals surface area contributed by atoms with Gasteiger partial charge in [0.2, 0.25) is 5.43 Å². The number of nitrogens with one attached hydrogen (secondary N) is 1. The number of aromatic nitrogens is 2. The maximum absolute atomic E-state index is 12.2. The molecule has 1 amide bonds. The summed E-state index contributed by atoms with van der Waals surface area (Å²) in [5, 5.41) is 16.8. The molecule has 1 aromatic heterocycles. The molecule has 0 fully saturated rings. The first-order valence-electron chi connectivity index (χ1n) is 7.75.